The molecule has 22 heteroatoms. The van der Waals surface area contributed by atoms with E-state index in [0.717, 1.165) is 17.0 Å². The number of ether oxygens (including phenoxy) is 4. The monoisotopic (exact) mass is 1010 g/mol. The Bertz CT molecular complexity index is 2620. The number of benzene rings is 3. The molecule has 71 heavy (non-hydrogen) atoms. The summed E-state index contributed by atoms with van der Waals surface area (Å²) in [6.07, 6.45) is 1.09. The van der Waals surface area contributed by atoms with E-state index in [4.69, 9.17) is 18.9 Å². The Kier molecular flexibility index (Phi) is 17.7. The van der Waals surface area contributed by atoms with Gasteiger partial charge in [-0.3, -0.25) is 48.7 Å². The van der Waals surface area contributed by atoms with Crippen molar-refractivity contribution >= 4 is 71.4 Å². The van der Waals surface area contributed by atoms with Crippen LogP contribution in [0, 0.1) is 11.6 Å². The molecule has 4 aliphatic rings. The van der Waals surface area contributed by atoms with Crippen molar-refractivity contribution in [1.82, 2.24) is 30.3 Å². The van der Waals surface area contributed by atoms with Crippen LogP contribution < -0.4 is 15.5 Å². The molecule has 1 unspecified atom stereocenters. The van der Waals surface area contributed by atoms with Gasteiger partial charge >= 0.3 is 0 Å². The van der Waals surface area contributed by atoms with Gasteiger partial charge in [0.15, 0.2) is 0 Å². The number of carbonyl (C=O) groups is 7. The molecule has 3 aromatic carbocycles. The number of hydrogen-bond acceptors (Lipinski definition) is 13. The molecule has 7 amide bonds. The summed E-state index contributed by atoms with van der Waals surface area (Å²) in [5.41, 5.74) is 0.552. The zero-order chi connectivity index (χ0) is 49.4. The Morgan fingerprint density at radius 2 is 1.46 bits per heavy atom. The predicted octanol–water partition coefficient (Wildman–Crippen LogP) is 2.20. The molecule has 0 bridgehead atoms. The van der Waals surface area contributed by atoms with E-state index in [2.05, 4.69) is 20.5 Å². The maximum Gasteiger partial charge on any atom is 0.270 e. The molecule has 5 heterocycles. The van der Waals surface area contributed by atoms with Gasteiger partial charge in [-0.25, -0.2) is 8.78 Å². The van der Waals surface area contributed by atoms with Crippen LogP contribution in [0.15, 0.2) is 60.7 Å². The van der Waals surface area contributed by atoms with Crippen molar-refractivity contribution in [2.75, 3.05) is 97.0 Å². The van der Waals surface area contributed by atoms with Crippen LogP contribution in [-0.4, -0.2) is 170 Å². The van der Waals surface area contributed by atoms with Gasteiger partial charge in [0.25, 0.3) is 29.5 Å². The van der Waals surface area contributed by atoms with Crippen molar-refractivity contribution in [3.05, 3.63) is 100 Å². The predicted molar refractivity (Wildman–Crippen MR) is 256 cm³/mol. The average Bonchev–Trinajstić information content (AvgIpc) is 3.99. The van der Waals surface area contributed by atoms with Gasteiger partial charge in [-0.05, 0) is 72.9 Å². The van der Waals surface area contributed by atoms with Gasteiger partial charge in [-0.1, -0.05) is 12.1 Å². The first kappa shape index (κ1) is 52.7. The number of amides is 7. The summed E-state index contributed by atoms with van der Waals surface area (Å²) in [4.78, 5) is 99.4. The van der Waals surface area contributed by atoms with Crippen molar-refractivity contribution in [2.45, 2.75) is 50.3 Å². The Balaban J connectivity index is 0.00000741. The summed E-state index contributed by atoms with van der Waals surface area (Å²) < 4.78 is 49.8. The summed E-state index contributed by atoms with van der Waals surface area (Å²) in [6.45, 7) is 6.19. The van der Waals surface area contributed by atoms with Gasteiger partial charge < -0.3 is 44.2 Å². The van der Waals surface area contributed by atoms with Crippen molar-refractivity contribution in [2.24, 2.45) is 0 Å². The zero-order valence-electron chi connectivity index (χ0n) is 39.0. The Labute approximate surface area is 414 Å². The molecule has 4 aliphatic heterocycles. The summed E-state index contributed by atoms with van der Waals surface area (Å²) in [6, 6.07) is 13.7. The van der Waals surface area contributed by atoms with Crippen LogP contribution in [0.4, 0.5) is 14.5 Å². The van der Waals surface area contributed by atoms with Crippen molar-refractivity contribution < 1.29 is 66.4 Å². The van der Waals surface area contributed by atoms with Gasteiger partial charge in [0.2, 0.25) is 17.4 Å². The molecule has 0 aliphatic carbocycles. The number of aliphatic hydroxyl groups is 1. The molecule has 19 nitrogen and oxygen atoms in total. The normalized spacial score (nSPS) is 19.4. The van der Waals surface area contributed by atoms with Crippen LogP contribution in [0.5, 0.6) is 0 Å². The molecule has 3 fully saturated rings. The minimum absolute atomic E-state index is 0. The van der Waals surface area contributed by atoms with Crippen LogP contribution in [0.2, 0.25) is 0 Å². The fraction of sp³-hybridized carbons (Fsp3) is 0.449. The number of halogens is 2. The van der Waals surface area contributed by atoms with Gasteiger partial charge in [-0.15, -0.1) is 0 Å². The molecular weight excluding hydrogens is 949 g/mol. The first-order valence-corrected chi connectivity index (χ1v) is 23.4. The van der Waals surface area contributed by atoms with E-state index in [9.17, 15) is 47.4 Å². The van der Waals surface area contributed by atoms with Crippen LogP contribution >= 0.6 is 13.5 Å². The standard InChI is InChI=1S/C49H55F2N7O12.H2S/c50-34-25-31(26-35(51)29-34)30-52-47(64)49(66)10-11-57(48(49)65)36-6-7-38-33(27-36)28-39(53-38)45(62)56-14-12-55(13-15-56)16-18-68-20-22-70-24-23-69-21-19-67-17-2-4-32-3-1-5-37-42(32)46(63)58(44(37)61)40-8-9-41(59)54-43(40)60;/h1,3,5-7,25-29,40,53,66H,2,4,8-24,30H2,(H,52,64)(H,54,59,60);1H2/t40?,49-;/m0./s1. The Hall–Kier alpha value is -6.14. The van der Waals surface area contributed by atoms with E-state index in [1.165, 1.54) is 4.90 Å². The number of piperidine rings is 1. The van der Waals surface area contributed by atoms with E-state index >= 15 is 0 Å². The summed E-state index contributed by atoms with van der Waals surface area (Å²) in [5, 5.41) is 16.3. The number of fused-ring (bicyclic) bond motifs is 2. The third kappa shape index (κ3) is 12.3. The van der Waals surface area contributed by atoms with E-state index in [-0.39, 0.29) is 62.9 Å². The van der Waals surface area contributed by atoms with Crippen LogP contribution in [-0.2, 0) is 51.1 Å². The lowest BCUT2D eigenvalue weighted by Gasteiger charge is -2.34. The number of anilines is 1. The molecule has 0 spiro atoms. The molecule has 380 valence electrons. The SMILES string of the molecule is O=C1CCC(N2C(=O)c3cccc(CCCOCCOCCOCCOCCN4CCN(C(=O)c5cc6cc(N7CC[C@](O)(C(=O)NCc8cc(F)cc(F)c8)C7=O)ccc6[nH]5)CC4)c3C2=O)C(=O)N1.S. The second-order valence-corrected chi connectivity index (χ2v) is 17.5. The number of piperazine rings is 1. The van der Waals surface area contributed by atoms with Gasteiger partial charge in [0.1, 0.15) is 23.4 Å². The smallest absolute Gasteiger partial charge is 0.270 e. The lowest BCUT2D eigenvalue weighted by Crippen LogP contribution is -2.54. The summed E-state index contributed by atoms with van der Waals surface area (Å²) in [5.74, 6) is -5.69. The number of imide groups is 2. The highest BCUT2D eigenvalue weighted by Gasteiger charge is 2.52. The first-order chi connectivity index (χ1) is 33.8. The molecule has 0 saturated carbocycles. The van der Waals surface area contributed by atoms with E-state index < -0.39 is 58.7 Å². The van der Waals surface area contributed by atoms with Gasteiger partial charge in [-0.2, -0.15) is 13.5 Å². The summed E-state index contributed by atoms with van der Waals surface area (Å²) in [7, 11) is 0. The summed E-state index contributed by atoms with van der Waals surface area (Å²) >= 11 is 0. The number of aryl methyl sites for hydroxylation is 1. The highest BCUT2D eigenvalue weighted by molar-refractivity contribution is 7.59. The number of carbonyl (C=O) groups excluding carboxylic acids is 7. The topological polar surface area (TPSA) is 229 Å². The quantitative estimate of drug-likeness (QED) is 0.0504. The molecule has 2 atom stereocenters. The van der Waals surface area contributed by atoms with Gasteiger partial charge in [0.05, 0.1) is 57.4 Å². The largest absolute Gasteiger partial charge is 0.379 e. The van der Waals surface area contributed by atoms with E-state index in [1.807, 2.05) is 0 Å². The number of nitrogens with zero attached hydrogens (tertiary/aromatic N) is 4. The van der Waals surface area contributed by atoms with Crippen molar-refractivity contribution in [1.29, 1.82) is 0 Å². The Morgan fingerprint density at radius 3 is 2.15 bits per heavy atom. The molecule has 0 radical (unpaired) electrons. The lowest BCUT2D eigenvalue weighted by atomic mass is 9.99. The number of rotatable bonds is 22. The van der Waals surface area contributed by atoms with Crippen LogP contribution in [0.25, 0.3) is 10.9 Å². The second kappa shape index (κ2) is 23.8. The van der Waals surface area contributed by atoms with E-state index in [1.54, 1.807) is 47.4 Å². The minimum Gasteiger partial charge on any atom is -0.379 e. The zero-order valence-corrected chi connectivity index (χ0v) is 40.0. The fourth-order valence-electron chi connectivity index (χ4n) is 9.07. The van der Waals surface area contributed by atoms with Crippen molar-refractivity contribution in [3.8, 4) is 0 Å². The minimum atomic E-state index is -2.36. The number of nitrogens with one attached hydrogen (secondary N) is 3. The second-order valence-electron chi connectivity index (χ2n) is 17.5. The average molecular weight is 1010 g/mol. The maximum absolute atomic E-state index is 13.6. The number of hydrogen-bond donors (Lipinski definition) is 4. The first-order valence-electron chi connectivity index (χ1n) is 23.4. The molecule has 8 rings (SSSR count). The molecule has 3 saturated heterocycles. The molecule has 1 aromatic heterocycles. The number of aromatic amines is 1. The van der Waals surface area contributed by atoms with Crippen molar-refractivity contribution in [3.63, 3.8) is 0 Å². The van der Waals surface area contributed by atoms with E-state index in [0.29, 0.717) is 138 Å². The van der Waals surface area contributed by atoms with Gasteiger partial charge in [0, 0.05) is 87.9 Å². The third-order valence-electron chi connectivity index (χ3n) is 12.8. The fourth-order valence-corrected chi connectivity index (χ4v) is 9.07. The highest BCUT2D eigenvalue weighted by Crippen LogP contribution is 2.33. The maximum atomic E-state index is 13.6. The lowest BCUT2D eigenvalue weighted by molar-refractivity contribution is -0.149. The highest BCUT2D eigenvalue weighted by atomic mass is 32.1. The molecular formula is C49H57F2N7O12S. The van der Waals surface area contributed by atoms with Crippen LogP contribution in [0.1, 0.15) is 68.0 Å². The van der Waals surface area contributed by atoms with Crippen LogP contribution in [0.3, 0.4) is 0 Å². The number of H-pyrrole nitrogens is 1. The molecule has 4 aromatic rings. The Morgan fingerprint density at radius 1 is 0.789 bits per heavy atom. The number of aromatic nitrogens is 1. The third-order valence-corrected chi connectivity index (χ3v) is 12.8. The molecule has 4 N–H and O–H groups in total.